The first-order chi connectivity index (χ1) is 8.31. The van der Waals surface area contributed by atoms with Gasteiger partial charge in [0.15, 0.2) is 0 Å². The molecule has 2 heterocycles. The summed E-state index contributed by atoms with van der Waals surface area (Å²) in [5.41, 5.74) is 0.704. The fourth-order valence-electron chi connectivity index (χ4n) is 2.32. The lowest BCUT2D eigenvalue weighted by Gasteiger charge is -2.31. The summed E-state index contributed by atoms with van der Waals surface area (Å²) in [5.74, 6) is 0.861. The van der Waals surface area contributed by atoms with E-state index in [9.17, 15) is 4.79 Å². The summed E-state index contributed by atoms with van der Waals surface area (Å²) >= 11 is 0. The molecule has 18 heavy (non-hydrogen) atoms. The highest BCUT2D eigenvalue weighted by Crippen LogP contribution is 2.17. The van der Waals surface area contributed by atoms with Crippen LogP contribution >= 0.6 is 12.4 Å². The van der Waals surface area contributed by atoms with Crippen LogP contribution in [-0.4, -0.2) is 42.0 Å². The Morgan fingerprint density at radius 2 is 2.22 bits per heavy atom. The van der Waals surface area contributed by atoms with Crippen molar-refractivity contribution in [2.75, 3.05) is 26.2 Å². The number of hydrogen-bond donors (Lipinski definition) is 2. The van der Waals surface area contributed by atoms with Crippen molar-refractivity contribution >= 4 is 18.3 Å². The van der Waals surface area contributed by atoms with E-state index in [0.29, 0.717) is 5.69 Å². The van der Waals surface area contributed by atoms with Crippen LogP contribution in [0.15, 0.2) is 18.3 Å². The molecule has 2 rings (SSSR count). The van der Waals surface area contributed by atoms with Crippen LogP contribution < -0.4 is 5.32 Å². The quantitative estimate of drug-likeness (QED) is 0.879. The number of aromatic nitrogens is 1. The van der Waals surface area contributed by atoms with Gasteiger partial charge in [-0.25, -0.2) is 0 Å². The van der Waals surface area contributed by atoms with Gasteiger partial charge < -0.3 is 15.2 Å². The molecule has 0 aliphatic carbocycles. The van der Waals surface area contributed by atoms with Crippen LogP contribution in [0.25, 0.3) is 0 Å². The van der Waals surface area contributed by atoms with Crippen LogP contribution in [0.2, 0.25) is 0 Å². The Morgan fingerprint density at radius 3 is 2.78 bits per heavy atom. The van der Waals surface area contributed by atoms with E-state index in [2.05, 4.69) is 17.2 Å². The first-order valence-corrected chi connectivity index (χ1v) is 6.44. The van der Waals surface area contributed by atoms with Gasteiger partial charge in [-0.05, 0) is 44.0 Å². The van der Waals surface area contributed by atoms with Crippen LogP contribution in [0.3, 0.4) is 0 Å². The third kappa shape index (κ3) is 3.75. The summed E-state index contributed by atoms with van der Waals surface area (Å²) in [4.78, 5) is 17.0. The fraction of sp³-hybridized carbons (Fsp3) is 0.615. The lowest BCUT2D eigenvalue weighted by molar-refractivity contribution is 0.0685. The van der Waals surface area contributed by atoms with Crippen molar-refractivity contribution < 1.29 is 4.79 Å². The maximum absolute atomic E-state index is 12.1. The van der Waals surface area contributed by atoms with Crippen molar-refractivity contribution in [3.63, 3.8) is 0 Å². The van der Waals surface area contributed by atoms with E-state index < -0.39 is 0 Å². The molecule has 1 aromatic heterocycles. The first kappa shape index (κ1) is 15.1. The average molecular weight is 272 g/mol. The molecule has 1 aromatic rings. The van der Waals surface area contributed by atoms with Gasteiger partial charge in [0.05, 0.1) is 0 Å². The zero-order chi connectivity index (χ0) is 12.1. The highest BCUT2D eigenvalue weighted by Gasteiger charge is 2.23. The van der Waals surface area contributed by atoms with Crippen LogP contribution in [-0.2, 0) is 0 Å². The van der Waals surface area contributed by atoms with Gasteiger partial charge in [0.25, 0.3) is 5.91 Å². The molecule has 1 aliphatic heterocycles. The number of amides is 1. The summed E-state index contributed by atoms with van der Waals surface area (Å²) < 4.78 is 0. The Balaban J connectivity index is 0.00000162. The third-order valence-corrected chi connectivity index (χ3v) is 3.41. The Labute approximate surface area is 115 Å². The highest BCUT2D eigenvalue weighted by atomic mass is 35.5. The highest BCUT2D eigenvalue weighted by molar-refractivity contribution is 5.92. The molecule has 5 heteroatoms. The molecule has 0 saturated carbocycles. The van der Waals surface area contributed by atoms with Gasteiger partial charge in [0.1, 0.15) is 5.69 Å². The van der Waals surface area contributed by atoms with E-state index in [0.717, 1.165) is 44.9 Å². The summed E-state index contributed by atoms with van der Waals surface area (Å²) in [6.45, 7) is 6.01. The SMILES string of the molecule is CCNCC1CCN(C(=O)c2ccc[nH]2)CC1.Cl. The smallest absolute Gasteiger partial charge is 0.270 e. The molecule has 0 unspecified atom stereocenters. The Hall–Kier alpha value is -1.00. The number of hydrogen-bond acceptors (Lipinski definition) is 2. The molecule has 0 spiro atoms. The van der Waals surface area contributed by atoms with Crippen molar-refractivity contribution in [1.82, 2.24) is 15.2 Å². The maximum Gasteiger partial charge on any atom is 0.270 e. The van der Waals surface area contributed by atoms with Crippen molar-refractivity contribution in [3.05, 3.63) is 24.0 Å². The number of likely N-dealkylation sites (tertiary alicyclic amines) is 1. The topological polar surface area (TPSA) is 48.1 Å². The fourth-order valence-corrected chi connectivity index (χ4v) is 2.32. The molecule has 4 nitrogen and oxygen atoms in total. The molecular formula is C13H22ClN3O. The second-order valence-electron chi connectivity index (χ2n) is 4.63. The molecular weight excluding hydrogens is 250 g/mol. The van der Waals surface area contributed by atoms with Gasteiger partial charge in [0.2, 0.25) is 0 Å². The standard InChI is InChI=1S/C13H21N3O.ClH/c1-2-14-10-11-5-8-16(9-6-11)13(17)12-4-3-7-15-12;/h3-4,7,11,14-15H,2,5-6,8-10H2,1H3;1H. The number of rotatable bonds is 4. The minimum Gasteiger partial charge on any atom is -0.357 e. The second-order valence-corrected chi connectivity index (χ2v) is 4.63. The summed E-state index contributed by atoms with van der Waals surface area (Å²) in [5, 5.41) is 3.38. The summed E-state index contributed by atoms with van der Waals surface area (Å²) in [7, 11) is 0. The van der Waals surface area contributed by atoms with Gasteiger partial charge in [-0.2, -0.15) is 0 Å². The summed E-state index contributed by atoms with van der Waals surface area (Å²) in [6, 6.07) is 3.71. The lowest BCUT2D eigenvalue weighted by atomic mass is 9.96. The number of nitrogens with one attached hydrogen (secondary N) is 2. The van der Waals surface area contributed by atoms with E-state index in [4.69, 9.17) is 0 Å². The number of H-pyrrole nitrogens is 1. The third-order valence-electron chi connectivity index (χ3n) is 3.41. The van der Waals surface area contributed by atoms with E-state index in [-0.39, 0.29) is 18.3 Å². The molecule has 2 N–H and O–H groups in total. The predicted octanol–water partition coefficient (Wildman–Crippen LogP) is 1.90. The molecule has 0 atom stereocenters. The zero-order valence-corrected chi connectivity index (χ0v) is 11.6. The zero-order valence-electron chi connectivity index (χ0n) is 10.8. The molecule has 1 fully saturated rings. The lowest BCUT2D eigenvalue weighted by Crippen LogP contribution is -2.40. The molecule has 102 valence electrons. The van der Waals surface area contributed by atoms with Crippen LogP contribution in [0.1, 0.15) is 30.3 Å². The second kappa shape index (κ2) is 7.44. The maximum atomic E-state index is 12.1. The average Bonchev–Trinajstić information content (AvgIpc) is 2.90. The monoisotopic (exact) mass is 271 g/mol. The van der Waals surface area contributed by atoms with E-state index >= 15 is 0 Å². The van der Waals surface area contributed by atoms with Crippen LogP contribution in [0.4, 0.5) is 0 Å². The number of halogens is 1. The van der Waals surface area contributed by atoms with Gasteiger partial charge >= 0.3 is 0 Å². The van der Waals surface area contributed by atoms with Gasteiger partial charge in [-0.1, -0.05) is 6.92 Å². The summed E-state index contributed by atoms with van der Waals surface area (Å²) in [6.07, 6.45) is 4.02. The van der Waals surface area contributed by atoms with E-state index in [1.165, 1.54) is 0 Å². The van der Waals surface area contributed by atoms with Crippen LogP contribution in [0.5, 0.6) is 0 Å². The number of carbonyl (C=O) groups excluding carboxylic acids is 1. The molecule has 1 aliphatic rings. The number of carbonyl (C=O) groups is 1. The van der Waals surface area contributed by atoms with Gasteiger partial charge in [0, 0.05) is 19.3 Å². The normalized spacial score (nSPS) is 16.4. The molecule has 1 amide bonds. The van der Waals surface area contributed by atoms with E-state index in [1.807, 2.05) is 17.0 Å². The van der Waals surface area contributed by atoms with Gasteiger partial charge in [-0.15, -0.1) is 12.4 Å². The molecule has 1 saturated heterocycles. The van der Waals surface area contributed by atoms with Crippen molar-refractivity contribution in [1.29, 1.82) is 0 Å². The Morgan fingerprint density at radius 1 is 1.50 bits per heavy atom. The Kier molecular flexibility index (Phi) is 6.22. The molecule has 0 bridgehead atoms. The predicted molar refractivity (Wildman–Crippen MR) is 75.2 cm³/mol. The first-order valence-electron chi connectivity index (χ1n) is 6.44. The Bertz CT molecular complexity index is 345. The largest absolute Gasteiger partial charge is 0.357 e. The van der Waals surface area contributed by atoms with Crippen LogP contribution in [0, 0.1) is 5.92 Å². The van der Waals surface area contributed by atoms with E-state index in [1.54, 1.807) is 6.20 Å². The van der Waals surface area contributed by atoms with Crippen molar-refractivity contribution in [3.8, 4) is 0 Å². The molecule has 0 radical (unpaired) electrons. The van der Waals surface area contributed by atoms with Gasteiger partial charge in [-0.3, -0.25) is 4.79 Å². The number of nitrogens with zero attached hydrogens (tertiary/aromatic N) is 1. The molecule has 0 aromatic carbocycles. The van der Waals surface area contributed by atoms with Crippen molar-refractivity contribution in [2.24, 2.45) is 5.92 Å². The number of aromatic amines is 1. The number of piperidine rings is 1. The van der Waals surface area contributed by atoms with Crippen molar-refractivity contribution in [2.45, 2.75) is 19.8 Å². The minimum absolute atomic E-state index is 0. The minimum atomic E-state index is 0.